The van der Waals surface area contributed by atoms with Crippen LogP contribution in [0.3, 0.4) is 0 Å². The van der Waals surface area contributed by atoms with Crippen LogP contribution >= 0.6 is 0 Å². The van der Waals surface area contributed by atoms with Crippen LogP contribution in [0.2, 0.25) is 0 Å². The van der Waals surface area contributed by atoms with Gasteiger partial charge in [-0.2, -0.15) is 52.7 Å². The van der Waals surface area contributed by atoms with Crippen LogP contribution in [0.15, 0.2) is 0 Å². The van der Waals surface area contributed by atoms with E-state index in [4.69, 9.17) is 20.3 Å². The fraction of sp³-hybridized carbons (Fsp3) is 0.762. The lowest BCUT2D eigenvalue weighted by Gasteiger charge is -2.39. The van der Waals surface area contributed by atoms with Crippen molar-refractivity contribution in [2.75, 3.05) is 39.3 Å². The first kappa shape index (κ1) is 63.0. The lowest BCUT2D eigenvalue weighted by atomic mass is 9.89. The third kappa shape index (κ3) is 18.0. The van der Waals surface area contributed by atoms with Crippen molar-refractivity contribution >= 4 is 36.2 Å². The molecule has 0 saturated carbocycles. The second kappa shape index (κ2) is 23.2. The SMILES string of the molecule is CC(C)(C)OC(=O)N1CCn2c(nnc2C(=O)O)C1.CC1(N)CCN(C(=O)OC(C(F)(F)F)C(F)(F)F)CC1.CC1(NC(=O)c2nnc3n2CCN(C(=O)OC(C)(C)C)C3)CCN(C(=O)OC(C(F)(F)F)C(F)(F)F)CC1. The topological polar surface area (TPSA) is 272 Å². The molecule has 35 heteroatoms. The summed E-state index contributed by atoms with van der Waals surface area (Å²) in [5, 5.41) is 27.0. The van der Waals surface area contributed by atoms with Crippen LogP contribution in [0.5, 0.6) is 0 Å². The van der Waals surface area contributed by atoms with Crippen LogP contribution in [0.25, 0.3) is 0 Å². The number of aromatic nitrogens is 6. The highest BCUT2D eigenvalue weighted by Crippen LogP contribution is 2.38. The highest BCUT2D eigenvalue weighted by Gasteiger charge is 2.61. The molecule has 6 rings (SSSR count). The fourth-order valence-corrected chi connectivity index (χ4v) is 7.43. The molecular weight excluding hydrogens is 1080 g/mol. The zero-order valence-corrected chi connectivity index (χ0v) is 42.7. The van der Waals surface area contributed by atoms with E-state index in [-0.39, 0.29) is 89.7 Å². The number of aromatic carboxylic acids is 1. The van der Waals surface area contributed by atoms with E-state index in [1.54, 1.807) is 60.0 Å². The monoisotopic (exact) mass is 1130 g/mol. The Hall–Kier alpha value is -6.58. The van der Waals surface area contributed by atoms with Crippen molar-refractivity contribution in [3.8, 4) is 0 Å². The molecule has 0 spiro atoms. The van der Waals surface area contributed by atoms with Gasteiger partial charge < -0.3 is 54.0 Å². The molecule has 23 nitrogen and oxygen atoms in total. The Balaban J connectivity index is 0.000000275. The summed E-state index contributed by atoms with van der Waals surface area (Å²) in [7, 11) is 0. The molecule has 436 valence electrons. The molecule has 4 N–H and O–H groups in total. The predicted molar refractivity (Wildman–Crippen MR) is 235 cm³/mol. The van der Waals surface area contributed by atoms with Gasteiger partial charge in [-0.15, -0.1) is 20.4 Å². The first-order valence-electron chi connectivity index (χ1n) is 23.2. The van der Waals surface area contributed by atoms with Gasteiger partial charge in [0.2, 0.25) is 11.6 Å². The molecule has 6 heterocycles. The number of hydrogen-bond acceptors (Lipinski definition) is 15. The molecule has 0 radical (unpaired) electrons. The van der Waals surface area contributed by atoms with Crippen molar-refractivity contribution < 1.29 is 106 Å². The van der Waals surface area contributed by atoms with Gasteiger partial charge in [0.25, 0.3) is 18.1 Å². The number of likely N-dealkylation sites (tertiary alicyclic amines) is 2. The second-order valence-electron chi connectivity index (χ2n) is 20.6. The average Bonchev–Trinajstić information content (AvgIpc) is 3.90. The molecule has 2 fully saturated rings. The quantitative estimate of drug-likeness (QED) is 0.216. The number of carboxylic acid groups (broad SMARTS) is 1. The predicted octanol–water partition coefficient (Wildman–Crippen LogP) is 6.40. The van der Waals surface area contributed by atoms with E-state index < -0.39 is 95.4 Å². The number of carboxylic acids is 1. The Kier molecular flexibility index (Phi) is 18.9. The van der Waals surface area contributed by atoms with Crippen LogP contribution in [0.4, 0.5) is 71.9 Å². The van der Waals surface area contributed by atoms with Gasteiger partial charge in [0.1, 0.15) is 11.2 Å². The number of carbonyl (C=O) groups excluding carboxylic acids is 5. The highest BCUT2D eigenvalue weighted by molar-refractivity contribution is 5.91. The number of piperidine rings is 2. The maximum atomic E-state index is 12.9. The summed E-state index contributed by atoms with van der Waals surface area (Å²) in [6.45, 7) is 14.7. The maximum Gasteiger partial charge on any atom is 0.434 e. The van der Waals surface area contributed by atoms with E-state index in [1.807, 2.05) is 0 Å². The molecule has 0 bridgehead atoms. The number of hydrogen-bond donors (Lipinski definition) is 3. The summed E-state index contributed by atoms with van der Waals surface area (Å²) < 4.78 is 170. The number of nitrogens with zero attached hydrogens (tertiary/aromatic N) is 10. The Bertz CT molecular complexity index is 2400. The summed E-state index contributed by atoms with van der Waals surface area (Å²) in [5.74, 6) is -1.04. The fourth-order valence-electron chi connectivity index (χ4n) is 7.43. The van der Waals surface area contributed by atoms with Crippen molar-refractivity contribution in [2.45, 2.75) is 166 Å². The number of amides is 5. The molecule has 2 aromatic rings. The molecule has 5 amide bonds. The first-order chi connectivity index (χ1) is 34.9. The van der Waals surface area contributed by atoms with Crippen molar-refractivity contribution in [2.24, 2.45) is 5.73 Å². The van der Waals surface area contributed by atoms with Crippen LogP contribution in [0.1, 0.15) is 114 Å². The van der Waals surface area contributed by atoms with Crippen LogP contribution in [-0.2, 0) is 45.1 Å². The van der Waals surface area contributed by atoms with Gasteiger partial charge in [0, 0.05) is 63.4 Å². The zero-order valence-electron chi connectivity index (χ0n) is 42.7. The van der Waals surface area contributed by atoms with E-state index in [0.717, 1.165) is 9.80 Å². The minimum Gasteiger partial charge on any atom is -0.475 e. The maximum absolute atomic E-state index is 12.9. The zero-order chi connectivity index (χ0) is 58.7. The number of nitrogens with two attached hydrogens (primary N) is 1. The smallest absolute Gasteiger partial charge is 0.434 e. The Morgan fingerprint density at radius 1 is 0.519 bits per heavy atom. The first-order valence-corrected chi connectivity index (χ1v) is 23.2. The van der Waals surface area contributed by atoms with E-state index >= 15 is 0 Å². The number of alkyl halides is 12. The molecule has 0 aliphatic carbocycles. The number of fused-ring (bicyclic) bond motifs is 2. The van der Waals surface area contributed by atoms with Gasteiger partial charge in [0.15, 0.2) is 11.6 Å². The van der Waals surface area contributed by atoms with Crippen molar-refractivity contribution in [3.05, 3.63) is 23.3 Å². The molecule has 4 aliphatic heterocycles. The summed E-state index contributed by atoms with van der Waals surface area (Å²) in [4.78, 5) is 75.9. The van der Waals surface area contributed by atoms with Gasteiger partial charge in [-0.3, -0.25) is 14.6 Å². The summed E-state index contributed by atoms with van der Waals surface area (Å²) in [5.41, 5.74) is 2.96. The molecule has 2 aromatic heterocycles. The minimum atomic E-state index is -5.81. The summed E-state index contributed by atoms with van der Waals surface area (Å²) >= 11 is 0. The number of carbonyl (C=O) groups is 6. The van der Waals surface area contributed by atoms with Crippen molar-refractivity contribution in [1.82, 2.24) is 54.4 Å². The largest absolute Gasteiger partial charge is 0.475 e. The normalized spacial score (nSPS) is 17.9. The molecule has 4 aliphatic rings. The van der Waals surface area contributed by atoms with Gasteiger partial charge >= 0.3 is 55.0 Å². The second-order valence-corrected chi connectivity index (χ2v) is 20.6. The third-order valence-electron chi connectivity index (χ3n) is 11.5. The Morgan fingerprint density at radius 2 is 0.857 bits per heavy atom. The van der Waals surface area contributed by atoms with E-state index in [2.05, 4.69) is 35.2 Å². The van der Waals surface area contributed by atoms with Gasteiger partial charge in [-0.1, -0.05) is 0 Å². The van der Waals surface area contributed by atoms with E-state index in [9.17, 15) is 81.5 Å². The highest BCUT2D eigenvalue weighted by atomic mass is 19.4. The lowest BCUT2D eigenvalue weighted by molar-refractivity contribution is -0.309. The van der Waals surface area contributed by atoms with E-state index in [1.165, 1.54) is 14.4 Å². The molecule has 77 heavy (non-hydrogen) atoms. The van der Waals surface area contributed by atoms with Crippen molar-refractivity contribution in [3.63, 3.8) is 0 Å². The number of rotatable bonds is 5. The number of halogens is 12. The number of nitrogens with one attached hydrogen (secondary N) is 1. The molecule has 0 atom stereocenters. The third-order valence-corrected chi connectivity index (χ3v) is 11.5. The molecule has 2 saturated heterocycles. The van der Waals surface area contributed by atoms with Crippen LogP contribution in [-0.4, -0.2) is 189 Å². The molecular formula is C42H58F12N12O11. The Morgan fingerprint density at radius 3 is 1.19 bits per heavy atom. The molecule has 0 aromatic carbocycles. The number of ether oxygens (including phenoxy) is 4. The molecule has 0 unspecified atom stereocenters. The average molecular weight is 1130 g/mol. The van der Waals surface area contributed by atoms with Gasteiger partial charge in [-0.25, -0.2) is 24.0 Å². The van der Waals surface area contributed by atoms with Crippen molar-refractivity contribution in [1.29, 1.82) is 0 Å². The standard InChI is InChI=1S/C21H28F6N6O5.C11H16N4O4.C10H14F6N2O2/c1-18(2,3)38-17(36)32-9-10-33-12(11-32)29-30-13(33)14(34)28-19(4)5-7-31(8-6-19)16(35)37-15(20(22,23)24)21(25,26)27;1-11(2,3)19-10(18)14-4-5-15-7(6-14)12-13-8(15)9(16)17;1-8(17)2-4-18(5-3-8)7(19)20-6(9(11,12)13)10(14,15)16/h15H,5-11H2,1-4H3,(H,28,34);4-6H2,1-3H3,(H,16,17);6H,2-5,17H2,1H3. The summed E-state index contributed by atoms with van der Waals surface area (Å²) in [6, 6.07) is 0. The van der Waals surface area contributed by atoms with Crippen LogP contribution in [0, 0.1) is 0 Å². The lowest BCUT2D eigenvalue weighted by Crippen LogP contribution is -2.56. The van der Waals surface area contributed by atoms with Gasteiger partial charge in [0.05, 0.1) is 13.1 Å². The Labute approximate surface area is 430 Å². The minimum absolute atomic E-state index is 0.0231. The summed E-state index contributed by atoms with van der Waals surface area (Å²) in [6.07, 6.45) is -35.1. The van der Waals surface area contributed by atoms with Crippen LogP contribution < -0.4 is 11.1 Å². The van der Waals surface area contributed by atoms with E-state index in [0.29, 0.717) is 24.7 Å². The van der Waals surface area contributed by atoms with Gasteiger partial charge in [-0.05, 0) is 81.1 Å².